The Morgan fingerprint density at radius 3 is 2.20 bits per heavy atom. The Labute approximate surface area is 122 Å². The van der Waals surface area contributed by atoms with Crippen LogP contribution in [-0.4, -0.2) is 11.6 Å². The van der Waals surface area contributed by atoms with Gasteiger partial charge in [0, 0.05) is 16.6 Å². The molecule has 0 heterocycles. The van der Waals surface area contributed by atoms with Gasteiger partial charge in [0.2, 0.25) is 0 Å². The Morgan fingerprint density at radius 1 is 0.950 bits per heavy atom. The summed E-state index contributed by atoms with van der Waals surface area (Å²) in [5, 5.41) is 3.32. The number of benzene rings is 1. The molecule has 1 aromatic carbocycles. The highest BCUT2D eigenvalue weighted by Gasteiger charge is 2.30. The number of hydrogen-bond donors (Lipinski definition) is 1. The van der Waals surface area contributed by atoms with Crippen molar-refractivity contribution >= 4 is 17.4 Å². The topological polar surface area (TPSA) is 12.0 Å². The van der Waals surface area contributed by atoms with Crippen LogP contribution in [0.1, 0.15) is 44.9 Å². The zero-order valence-corrected chi connectivity index (χ0v) is 12.2. The number of thioether (sulfide) groups is 1. The molecule has 1 nitrogen and oxygen atoms in total. The van der Waals surface area contributed by atoms with E-state index in [0.717, 1.165) is 25.7 Å². The quantitative estimate of drug-likeness (QED) is 0.706. The van der Waals surface area contributed by atoms with Crippen LogP contribution >= 0.6 is 11.8 Å². The number of hydrogen-bond acceptors (Lipinski definition) is 2. The molecule has 1 saturated carbocycles. The molecule has 0 saturated heterocycles. The molecule has 1 N–H and O–H groups in total. The van der Waals surface area contributed by atoms with E-state index < -0.39 is 5.51 Å². The van der Waals surface area contributed by atoms with E-state index in [9.17, 15) is 13.2 Å². The zero-order valence-electron chi connectivity index (χ0n) is 11.4. The maximum Gasteiger partial charge on any atom is 0.446 e. The van der Waals surface area contributed by atoms with Crippen molar-refractivity contribution < 1.29 is 13.2 Å². The van der Waals surface area contributed by atoms with Crippen molar-refractivity contribution in [1.82, 2.24) is 0 Å². The van der Waals surface area contributed by atoms with E-state index in [1.807, 2.05) is 0 Å². The summed E-state index contributed by atoms with van der Waals surface area (Å²) in [4.78, 5) is 0.266. The molecule has 0 spiro atoms. The second kappa shape index (κ2) is 7.25. The van der Waals surface area contributed by atoms with Gasteiger partial charge in [-0.3, -0.25) is 0 Å². The fraction of sp³-hybridized carbons (Fsp3) is 0.600. The minimum absolute atomic E-state index is 0.0372. The molecule has 1 aliphatic rings. The van der Waals surface area contributed by atoms with Crippen molar-refractivity contribution in [2.45, 2.75) is 61.4 Å². The molecule has 2 rings (SSSR count). The Hall–Kier alpha value is -0.840. The first-order chi connectivity index (χ1) is 9.54. The van der Waals surface area contributed by atoms with E-state index in [0.29, 0.717) is 11.7 Å². The van der Waals surface area contributed by atoms with Gasteiger partial charge >= 0.3 is 5.51 Å². The van der Waals surface area contributed by atoms with Crippen molar-refractivity contribution in [1.29, 1.82) is 0 Å². The fourth-order valence-corrected chi connectivity index (χ4v) is 3.25. The van der Waals surface area contributed by atoms with Gasteiger partial charge in [0.1, 0.15) is 0 Å². The van der Waals surface area contributed by atoms with Crippen molar-refractivity contribution in [2.24, 2.45) is 0 Å². The number of anilines is 1. The highest BCUT2D eigenvalue weighted by molar-refractivity contribution is 8.00. The predicted octanol–water partition coefficient (Wildman–Crippen LogP) is 5.82. The van der Waals surface area contributed by atoms with Gasteiger partial charge in [-0.15, -0.1) is 0 Å². The summed E-state index contributed by atoms with van der Waals surface area (Å²) in [6, 6.07) is 7.00. The van der Waals surface area contributed by atoms with E-state index in [2.05, 4.69) is 5.32 Å². The standard InChI is InChI=1S/C15H20F3NS/c16-15(17,18)20-14-11-7-6-10-13(14)19-12-8-4-2-1-3-5-9-12/h6-7,10-12,19H,1-5,8-9H2. The Morgan fingerprint density at radius 2 is 1.55 bits per heavy atom. The van der Waals surface area contributed by atoms with E-state index in [-0.39, 0.29) is 16.7 Å². The third-order valence-electron chi connectivity index (χ3n) is 3.58. The largest absolute Gasteiger partial charge is 0.446 e. The molecular formula is C15H20F3NS. The second-order valence-corrected chi connectivity index (χ2v) is 6.34. The van der Waals surface area contributed by atoms with Crippen molar-refractivity contribution in [3.05, 3.63) is 24.3 Å². The van der Waals surface area contributed by atoms with Crippen LogP contribution in [0.4, 0.5) is 18.9 Å². The van der Waals surface area contributed by atoms with E-state index in [4.69, 9.17) is 0 Å². The molecule has 20 heavy (non-hydrogen) atoms. The van der Waals surface area contributed by atoms with Gasteiger partial charge in [-0.2, -0.15) is 13.2 Å². The van der Waals surface area contributed by atoms with Crippen LogP contribution in [0.25, 0.3) is 0 Å². The minimum Gasteiger partial charge on any atom is -0.381 e. The van der Waals surface area contributed by atoms with Gasteiger partial charge in [0.05, 0.1) is 0 Å². The van der Waals surface area contributed by atoms with E-state index >= 15 is 0 Å². The second-order valence-electron chi connectivity index (χ2n) is 5.23. The van der Waals surface area contributed by atoms with Crippen molar-refractivity contribution in [2.75, 3.05) is 5.32 Å². The first-order valence-electron chi connectivity index (χ1n) is 7.16. The average Bonchev–Trinajstić information content (AvgIpc) is 2.33. The van der Waals surface area contributed by atoms with Gasteiger partial charge < -0.3 is 5.32 Å². The lowest BCUT2D eigenvalue weighted by molar-refractivity contribution is -0.0327. The third kappa shape index (κ3) is 5.27. The van der Waals surface area contributed by atoms with E-state index in [1.165, 1.54) is 25.3 Å². The number of halogens is 3. The predicted molar refractivity (Wildman–Crippen MR) is 78.1 cm³/mol. The number of para-hydroxylation sites is 1. The molecule has 5 heteroatoms. The molecule has 0 atom stereocenters. The SMILES string of the molecule is FC(F)(F)Sc1ccccc1NC1CCCCCCC1. The first kappa shape index (κ1) is 15.5. The molecule has 0 unspecified atom stereocenters. The Bertz CT molecular complexity index is 412. The molecule has 0 radical (unpaired) electrons. The summed E-state index contributed by atoms with van der Waals surface area (Å²) in [5.41, 5.74) is -3.63. The van der Waals surface area contributed by atoms with E-state index in [1.54, 1.807) is 18.2 Å². The van der Waals surface area contributed by atoms with Crippen LogP contribution in [0, 0.1) is 0 Å². The lowest BCUT2D eigenvalue weighted by Crippen LogP contribution is -2.21. The Balaban J connectivity index is 2.03. The van der Waals surface area contributed by atoms with Crippen LogP contribution in [0.15, 0.2) is 29.2 Å². The van der Waals surface area contributed by atoms with Gasteiger partial charge in [-0.1, -0.05) is 44.2 Å². The van der Waals surface area contributed by atoms with Gasteiger partial charge in [-0.25, -0.2) is 0 Å². The normalized spacial score (nSPS) is 18.4. The molecular weight excluding hydrogens is 283 g/mol. The maximum atomic E-state index is 12.6. The zero-order chi connectivity index (χ0) is 14.4. The molecule has 112 valence electrons. The number of alkyl halides is 3. The summed E-state index contributed by atoms with van der Waals surface area (Å²) >= 11 is -0.0372. The van der Waals surface area contributed by atoms with Crippen LogP contribution in [0.3, 0.4) is 0 Å². The first-order valence-corrected chi connectivity index (χ1v) is 7.97. The summed E-state index contributed by atoms with van der Waals surface area (Å²) in [6.45, 7) is 0. The van der Waals surface area contributed by atoms with Crippen molar-refractivity contribution in [3.8, 4) is 0 Å². The molecule has 0 aliphatic heterocycles. The number of nitrogens with one attached hydrogen (secondary N) is 1. The highest BCUT2D eigenvalue weighted by atomic mass is 32.2. The van der Waals surface area contributed by atoms with Gasteiger partial charge in [0.25, 0.3) is 0 Å². The van der Waals surface area contributed by atoms with Crippen LogP contribution < -0.4 is 5.32 Å². The lowest BCUT2D eigenvalue weighted by Gasteiger charge is -2.23. The average molecular weight is 303 g/mol. The lowest BCUT2D eigenvalue weighted by atomic mass is 9.96. The minimum atomic E-state index is -4.24. The van der Waals surface area contributed by atoms with Gasteiger partial charge in [-0.05, 0) is 36.7 Å². The molecule has 0 aromatic heterocycles. The summed E-state index contributed by atoms with van der Waals surface area (Å²) in [6.07, 6.45) is 8.16. The Kier molecular flexibility index (Phi) is 5.64. The molecule has 0 bridgehead atoms. The maximum absolute atomic E-state index is 12.6. The summed E-state index contributed by atoms with van der Waals surface area (Å²) in [7, 11) is 0. The number of rotatable bonds is 3. The third-order valence-corrected chi connectivity index (χ3v) is 4.38. The summed E-state index contributed by atoms with van der Waals surface area (Å²) in [5.74, 6) is 0. The molecule has 1 fully saturated rings. The molecule has 0 amide bonds. The van der Waals surface area contributed by atoms with Crippen LogP contribution in [0.2, 0.25) is 0 Å². The smallest absolute Gasteiger partial charge is 0.381 e. The van der Waals surface area contributed by atoms with Crippen molar-refractivity contribution in [3.63, 3.8) is 0 Å². The highest BCUT2D eigenvalue weighted by Crippen LogP contribution is 2.40. The van der Waals surface area contributed by atoms with Gasteiger partial charge in [0.15, 0.2) is 0 Å². The van der Waals surface area contributed by atoms with Crippen LogP contribution in [0.5, 0.6) is 0 Å². The molecule has 1 aliphatic carbocycles. The molecule has 1 aromatic rings. The van der Waals surface area contributed by atoms with Crippen LogP contribution in [-0.2, 0) is 0 Å². The fourth-order valence-electron chi connectivity index (χ4n) is 2.62. The summed E-state index contributed by atoms with van der Waals surface area (Å²) < 4.78 is 37.7. The monoisotopic (exact) mass is 303 g/mol.